The predicted molar refractivity (Wildman–Crippen MR) is 110 cm³/mol. The van der Waals surface area contributed by atoms with Gasteiger partial charge in [0, 0.05) is 0 Å². The Balaban J connectivity index is 1.41. The zero-order chi connectivity index (χ0) is 20.4. The number of rotatable bonds is 5. The van der Waals surface area contributed by atoms with E-state index in [1.54, 1.807) is 12.1 Å². The molecular formula is C22H15Cl2F2NO2. The van der Waals surface area contributed by atoms with Gasteiger partial charge in [0.25, 0.3) is 0 Å². The molecule has 1 unspecified atom stereocenters. The van der Waals surface area contributed by atoms with Crippen molar-refractivity contribution in [3.05, 3.63) is 87.9 Å². The van der Waals surface area contributed by atoms with E-state index in [9.17, 15) is 8.78 Å². The summed E-state index contributed by atoms with van der Waals surface area (Å²) in [7, 11) is 0. The largest absolute Gasteiger partial charge is 0.491 e. The number of ether oxygens (including phenoxy) is 2. The Kier molecular flexibility index (Phi) is 5.69. The molecule has 0 bridgehead atoms. The average molecular weight is 434 g/mol. The van der Waals surface area contributed by atoms with Crippen LogP contribution in [0.5, 0.6) is 5.75 Å². The third-order valence-corrected chi connectivity index (χ3v) is 5.18. The normalized spacial score (nSPS) is 15.7. The van der Waals surface area contributed by atoms with Gasteiger partial charge in [0.2, 0.25) is 5.90 Å². The third-order valence-electron chi connectivity index (χ3n) is 4.44. The molecular weight excluding hydrogens is 419 g/mol. The molecule has 1 aliphatic rings. The lowest BCUT2D eigenvalue weighted by Gasteiger charge is -2.09. The van der Waals surface area contributed by atoms with E-state index in [1.165, 1.54) is 18.2 Å². The monoisotopic (exact) mass is 433 g/mol. The first-order valence-corrected chi connectivity index (χ1v) is 9.60. The molecule has 4 rings (SSSR count). The van der Waals surface area contributed by atoms with Crippen molar-refractivity contribution >= 4 is 29.1 Å². The second-order valence-corrected chi connectivity index (χ2v) is 7.27. The molecule has 3 aromatic rings. The zero-order valence-electron chi connectivity index (χ0n) is 15.0. The summed E-state index contributed by atoms with van der Waals surface area (Å²) in [6.07, 6.45) is 0. The molecule has 29 heavy (non-hydrogen) atoms. The summed E-state index contributed by atoms with van der Waals surface area (Å²) < 4.78 is 38.8. The molecule has 3 aromatic carbocycles. The van der Waals surface area contributed by atoms with Gasteiger partial charge in [0.15, 0.2) is 0 Å². The smallest absolute Gasteiger partial charge is 0.222 e. The second-order valence-electron chi connectivity index (χ2n) is 6.46. The van der Waals surface area contributed by atoms with Gasteiger partial charge >= 0.3 is 0 Å². The van der Waals surface area contributed by atoms with E-state index < -0.39 is 11.6 Å². The van der Waals surface area contributed by atoms with Crippen molar-refractivity contribution in [3.8, 4) is 16.9 Å². The van der Waals surface area contributed by atoms with Crippen molar-refractivity contribution in [1.29, 1.82) is 0 Å². The van der Waals surface area contributed by atoms with Crippen molar-refractivity contribution in [2.45, 2.75) is 6.04 Å². The maximum absolute atomic E-state index is 13.9. The Morgan fingerprint density at radius 2 is 1.62 bits per heavy atom. The van der Waals surface area contributed by atoms with E-state index >= 15 is 0 Å². The molecule has 0 fully saturated rings. The van der Waals surface area contributed by atoms with Gasteiger partial charge in [-0.15, -0.1) is 0 Å². The minimum Gasteiger partial charge on any atom is -0.491 e. The Morgan fingerprint density at radius 1 is 0.931 bits per heavy atom. The number of hydrogen-bond donors (Lipinski definition) is 0. The standard InChI is InChI=1S/C22H15Cl2F2NO2/c23-17-9-6-14(10-18(17)24)13-4-7-16(8-5-13)28-11-15-12-29-22(27-15)21-19(25)2-1-3-20(21)26/h1-10,15H,11-12H2. The van der Waals surface area contributed by atoms with Crippen molar-refractivity contribution < 1.29 is 18.3 Å². The van der Waals surface area contributed by atoms with Gasteiger partial charge in [-0.25, -0.2) is 13.8 Å². The lowest BCUT2D eigenvalue weighted by Crippen LogP contribution is -2.16. The van der Waals surface area contributed by atoms with Crippen molar-refractivity contribution in [3.63, 3.8) is 0 Å². The molecule has 0 saturated heterocycles. The van der Waals surface area contributed by atoms with E-state index in [0.29, 0.717) is 15.8 Å². The molecule has 7 heteroatoms. The maximum Gasteiger partial charge on any atom is 0.222 e. The zero-order valence-corrected chi connectivity index (χ0v) is 16.6. The van der Waals surface area contributed by atoms with Crippen molar-refractivity contribution in [1.82, 2.24) is 0 Å². The van der Waals surface area contributed by atoms with Crippen LogP contribution in [-0.4, -0.2) is 25.2 Å². The lowest BCUT2D eigenvalue weighted by molar-refractivity contribution is 0.242. The number of nitrogens with zero attached hydrogens (tertiary/aromatic N) is 1. The van der Waals surface area contributed by atoms with Gasteiger partial charge < -0.3 is 9.47 Å². The first-order chi connectivity index (χ1) is 14.0. The van der Waals surface area contributed by atoms with Crippen LogP contribution in [0.25, 0.3) is 11.1 Å². The quantitative estimate of drug-likeness (QED) is 0.482. The van der Waals surface area contributed by atoms with Crippen molar-refractivity contribution in [2.24, 2.45) is 4.99 Å². The highest BCUT2D eigenvalue weighted by molar-refractivity contribution is 6.42. The van der Waals surface area contributed by atoms with E-state index in [-0.39, 0.29) is 30.7 Å². The first-order valence-electron chi connectivity index (χ1n) is 8.84. The Morgan fingerprint density at radius 3 is 2.31 bits per heavy atom. The lowest BCUT2D eigenvalue weighted by atomic mass is 10.1. The summed E-state index contributed by atoms with van der Waals surface area (Å²) in [5.41, 5.74) is 1.66. The van der Waals surface area contributed by atoms with Crippen LogP contribution in [0.2, 0.25) is 10.0 Å². The minimum absolute atomic E-state index is 0.0378. The number of aliphatic imine (C=N–C) groups is 1. The van der Waals surface area contributed by atoms with Crippen LogP contribution in [0, 0.1) is 11.6 Å². The first kappa shape index (κ1) is 19.7. The summed E-state index contributed by atoms with van der Waals surface area (Å²) >= 11 is 12.0. The van der Waals surface area contributed by atoms with Crippen LogP contribution >= 0.6 is 23.2 Å². The summed E-state index contributed by atoms with van der Waals surface area (Å²) in [4.78, 5) is 4.24. The molecule has 148 valence electrons. The molecule has 0 N–H and O–H groups in total. The molecule has 0 aliphatic carbocycles. The van der Waals surface area contributed by atoms with E-state index in [1.807, 2.05) is 30.3 Å². The fourth-order valence-electron chi connectivity index (χ4n) is 2.95. The highest BCUT2D eigenvalue weighted by Crippen LogP contribution is 2.29. The summed E-state index contributed by atoms with van der Waals surface area (Å²) in [6.45, 7) is 0.427. The molecule has 0 saturated carbocycles. The highest BCUT2D eigenvalue weighted by Gasteiger charge is 2.25. The molecule has 1 atom stereocenters. The van der Waals surface area contributed by atoms with Crippen LogP contribution < -0.4 is 4.74 Å². The van der Waals surface area contributed by atoms with E-state index in [0.717, 1.165) is 11.1 Å². The predicted octanol–water partition coefficient (Wildman–Crippen LogP) is 6.16. The molecule has 0 radical (unpaired) electrons. The number of benzene rings is 3. The van der Waals surface area contributed by atoms with Crippen LogP contribution in [0.4, 0.5) is 8.78 Å². The molecule has 0 spiro atoms. The number of halogens is 4. The molecule has 1 aliphatic heterocycles. The highest BCUT2D eigenvalue weighted by atomic mass is 35.5. The van der Waals surface area contributed by atoms with Gasteiger partial charge in [-0.05, 0) is 47.5 Å². The van der Waals surface area contributed by atoms with Gasteiger partial charge in [0.1, 0.15) is 42.2 Å². The van der Waals surface area contributed by atoms with Gasteiger partial charge in [0.05, 0.1) is 10.0 Å². The molecule has 1 heterocycles. The summed E-state index contributed by atoms with van der Waals surface area (Å²) in [5, 5.41) is 0.995. The van der Waals surface area contributed by atoms with Crippen LogP contribution in [0.3, 0.4) is 0 Å². The fraction of sp³-hybridized carbons (Fsp3) is 0.136. The van der Waals surface area contributed by atoms with Crippen LogP contribution in [0.15, 0.2) is 65.7 Å². The van der Waals surface area contributed by atoms with Crippen molar-refractivity contribution in [2.75, 3.05) is 13.2 Å². The SMILES string of the molecule is Fc1cccc(F)c1C1=NC(COc2ccc(-c3ccc(Cl)c(Cl)c3)cc2)CO1. The third kappa shape index (κ3) is 4.36. The van der Waals surface area contributed by atoms with Gasteiger partial charge in [-0.2, -0.15) is 0 Å². The second kappa shape index (κ2) is 8.39. The number of hydrogen-bond acceptors (Lipinski definition) is 3. The van der Waals surface area contributed by atoms with Crippen LogP contribution in [0.1, 0.15) is 5.56 Å². The fourth-order valence-corrected chi connectivity index (χ4v) is 3.25. The van der Waals surface area contributed by atoms with E-state index in [4.69, 9.17) is 32.7 Å². The molecule has 3 nitrogen and oxygen atoms in total. The topological polar surface area (TPSA) is 30.8 Å². The summed E-state index contributed by atoms with van der Waals surface area (Å²) in [5.74, 6) is -0.801. The van der Waals surface area contributed by atoms with Crippen LogP contribution in [-0.2, 0) is 4.74 Å². The van der Waals surface area contributed by atoms with E-state index in [2.05, 4.69) is 4.99 Å². The molecule has 0 amide bonds. The maximum atomic E-state index is 13.9. The summed E-state index contributed by atoms with van der Waals surface area (Å²) in [6, 6.07) is 16.2. The Hall–Kier alpha value is -2.63. The van der Waals surface area contributed by atoms with Gasteiger partial charge in [-0.3, -0.25) is 0 Å². The Bertz CT molecular complexity index is 1050. The molecule has 0 aromatic heterocycles. The average Bonchev–Trinajstić information content (AvgIpc) is 3.17. The minimum atomic E-state index is -0.705. The Labute approximate surface area is 176 Å². The van der Waals surface area contributed by atoms with Gasteiger partial charge in [-0.1, -0.05) is 47.5 Å².